The van der Waals surface area contributed by atoms with Gasteiger partial charge in [-0.15, -0.1) is 0 Å². The van der Waals surface area contributed by atoms with E-state index < -0.39 is 17.8 Å². The number of methoxy groups -OCH3 is 2. The Morgan fingerprint density at radius 3 is 2.43 bits per heavy atom. The highest BCUT2D eigenvalue weighted by Gasteiger charge is 2.15. The SMILES string of the molecule is COc1ccc(C(C)NC(=O)NCCNC(=O)c2ccccc2F)c(OC)c1. The van der Waals surface area contributed by atoms with E-state index >= 15 is 0 Å². The third-order valence-electron chi connectivity index (χ3n) is 4.07. The van der Waals surface area contributed by atoms with E-state index in [0.29, 0.717) is 11.5 Å². The van der Waals surface area contributed by atoms with E-state index in [-0.39, 0.29) is 24.7 Å². The van der Waals surface area contributed by atoms with E-state index in [0.717, 1.165) is 5.56 Å². The first-order valence-electron chi connectivity index (χ1n) is 8.75. The van der Waals surface area contributed by atoms with E-state index in [1.165, 1.54) is 18.2 Å². The maximum atomic E-state index is 13.5. The van der Waals surface area contributed by atoms with Crippen LogP contribution in [-0.2, 0) is 0 Å². The highest BCUT2D eigenvalue weighted by atomic mass is 19.1. The van der Waals surface area contributed by atoms with Crippen molar-refractivity contribution in [2.45, 2.75) is 13.0 Å². The van der Waals surface area contributed by atoms with Gasteiger partial charge in [0, 0.05) is 24.7 Å². The highest BCUT2D eigenvalue weighted by Crippen LogP contribution is 2.29. The number of amides is 3. The maximum Gasteiger partial charge on any atom is 0.315 e. The van der Waals surface area contributed by atoms with Gasteiger partial charge in [-0.2, -0.15) is 0 Å². The first-order valence-corrected chi connectivity index (χ1v) is 8.75. The van der Waals surface area contributed by atoms with Gasteiger partial charge in [0.05, 0.1) is 25.8 Å². The van der Waals surface area contributed by atoms with Crippen molar-refractivity contribution in [2.75, 3.05) is 27.3 Å². The molecule has 2 aromatic rings. The molecule has 2 aromatic carbocycles. The van der Waals surface area contributed by atoms with Gasteiger partial charge in [-0.3, -0.25) is 4.79 Å². The number of carbonyl (C=O) groups is 2. The third kappa shape index (κ3) is 5.60. The van der Waals surface area contributed by atoms with Crippen molar-refractivity contribution >= 4 is 11.9 Å². The smallest absolute Gasteiger partial charge is 0.315 e. The van der Waals surface area contributed by atoms with Gasteiger partial charge in [-0.05, 0) is 31.2 Å². The van der Waals surface area contributed by atoms with Gasteiger partial charge in [0.1, 0.15) is 17.3 Å². The molecule has 0 radical (unpaired) electrons. The Hall–Kier alpha value is -3.29. The van der Waals surface area contributed by atoms with Crippen molar-refractivity contribution in [1.29, 1.82) is 0 Å². The second-order valence-corrected chi connectivity index (χ2v) is 5.97. The zero-order valence-electron chi connectivity index (χ0n) is 16.0. The normalized spacial score (nSPS) is 11.3. The largest absolute Gasteiger partial charge is 0.497 e. The van der Waals surface area contributed by atoms with E-state index in [1.807, 2.05) is 13.0 Å². The van der Waals surface area contributed by atoms with Gasteiger partial charge in [0.2, 0.25) is 0 Å². The molecule has 0 aliphatic rings. The molecule has 0 saturated carbocycles. The highest BCUT2D eigenvalue weighted by molar-refractivity contribution is 5.94. The average molecular weight is 389 g/mol. The summed E-state index contributed by atoms with van der Waals surface area (Å²) in [6.45, 7) is 2.18. The molecule has 0 saturated heterocycles. The van der Waals surface area contributed by atoms with Gasteiger partial charge >= 0.3 is 6.03 Å². The Morgan fingerprint density at radius 2 is 1.75 bits per heavy atom. The maximum absolute atomic E-state index is 13.5. The van der Waals surface area contributed by atoms with Gasteiger partial charge in [-0.25, -0.2) is 9.18 Å². The minimum absolute atomic E-state index is 0.0350. The fourth-order valence-corrected chi connectivity index (χ4v) is 2.59. The van der Waals surface area contributed by atoms with Crippen LogP contribution < -0.4 is 25.4 Å². The number of rotatable bonds is 8. The first kappa shape index (κ1) is 21.0. The summed E-state index contributed by atoms with van der Waals surface area (Å²) in [6, 6.07) is 10.3. The summed E-state index contributed by atoms with van der Waals surface area (Å²) >= 11 is 0. The number of benzene rings is 2. The Kier molecular flexibility index (Phi) is 7.62. The summed E-state index contributed by atoms with van der Waals surface area (Å²) < 4.78 is 24.0. The molecule has 1 atom stereocenters. The molecule has 3 amide bonds. The topological polar surface area (TPSA) is 88.7 Å². The van der Waals surface area contributed by atoms with Crippen LogP contribution in [-0.4, -0.2) is 39.2 Å². The third-order valence-corrected chi connectivity index (χ3v) is 4.07. The Bertz CT molecular complexity index is 829. The quantitative estimate of drug-likeness (QED) is 0.606. The molecule has 2 rings (SSSR count). The van der Waals surface area contributed by atoms with Gasteiger partial charge in [0.25, 0.3) is 5.91 Å². The molecule has 0 fully saturated rings. The van der Waals surface area contributed by atoms with Gasteiger partial charge in [-0.1, -0.05) is 12.1 Å². The summed E-state index contributed by atoms with van der Waals surface area (Å²) in [4.78, 5) is 24.0. The van der Waals surface area contributed by atoms with E-state index in [1.54, 1.807) is 32.4 Å². The van der Waals surface area contributed by atoms with Crippen molar-refractivity contribution in [3.63, 3.8) is 0 Å². The predicted octanol–water partition coefficient (Wildman–Crippen LogP) is 2.63. The molecule has 0 aliphatic heterocycles. The van der Waals surface area contributed by atoms with E-state index in [9.17, 15) is 14.0 Å². The van der Waals surface area contributed by atoms with Crippen LogP contribution in [0, 0.1) is 5.82 Å². The molecule has 28 heavy (non-hydrogen) atoms. The van der Waals surface area contributed by atoms with Crippen molar-refractivity contribution in [3.8, 4) is 11.5 Å². The lowest BCUT2D eigenvalue weighted by Gasteiger charge is -2.18. The molecule has 8 heteroatoms. The number of nitrogens with one attached hydrogen (secondary N) is 3. The lowest BCUT2D eigenvalue weighted by atomic mass is 10.1. The number of ether oxygens (including phenoxy) is 2. The van der Waals surface area contributed by atoms with Crippen LogP contribution in [0.2, 0.25) is 0 Å². The Labute approximate surface area is 163 Å². The molecule has 0 spiro atoms. The summed E-state index contributed by atoms with van der Waals surface area (Å²) in [7, 11) is 3.11. The molecule has 1 unspecified atom stereocenters. The molecule has 0 heterocycles. The van der Waals surface area contributed by atoms with Crippen molar-refractivity contribution < 1.29 is 23.5 Å². The van der Waals surface area contributed by atoms with Crippen molar-refractivity contribution in [1.82, 2.24) is 16.0 Å². The van der Waals surface area contributed by atoms with Crippen LogP contribution in [0.3, 0.4) is 0 Å². The number of hydrogen-bond acceptors (Lipinski definition) is 4. The first-order chi connectivity index (χ1) is 13.5. The number of hydrogen-bond donors (Lipinski definition) is 3. The van der Waals surface area contributed by atoms with Crippen LogP contribution in [0.25, 0.3) is 0 Å². The van der Waals surface area contributed by atoms with Crippen molar-refractivity contribution in [3.05, 3.63) is 59.4 Å². The molecule has 0 aliphatic carbocycles. The average Bonchev–Trinajstić information content (AvgIpc) is 2.70. The van der Waals surface area contributed by atoms with Gasteiger partial charge in [0.15, 0.2) is 0 Å². The predicted molar refractivity (Wildman–Crippen MR) is 103 cm³/mol. The molecule has 0 bridgehead atoms. The number of urea groups is 1. The molecule has 0 aromatic heterocycles. The Balaban J connectivity index is 1.79. The second-order valence-electron chi connectivity index (χ2n) is 5.97. The zero-order chi connectivity index (χ0) is 20.5. The molecular formula is C20H24FN3O4. The second kappa shape index (κ2) is 10.1. The van der Waals surface area contributed by atoms with Gasteiger partial charge < -0.3 is 25.4 Å². The summed E-state index contributed by atoms with van der Waals surface area (Å²) in [5, 5.41) is 7.99. The van der Waals surface area contributed by atoms with Crippen LogP contribution >= 0.6 is 0 Å². The van der Waals surface area contributed by atoms with Crippen LogP contribution in [0.5, 0.6) is 11.5 Å². The summed E-state index contributed by atoms with van der Waals surface area (Å²) in [5.41, 5.74) is 0.762. The minimum atomic E-state index is -0.590. The summed E-state index contributed by atoms with van der Waals surface area (Å²) in [6.07, 6.45) is 0. The lowest BCUT2D eigenvalue weighted by Crippen LogP contribution is -2.41. The Morgan fingerprint density at radius 1 is 1.04 bits per heavy atom. The van der Waals surface area contributed by atoms with Crippen molar-refractivity contribution in [2.24, 2.45) is 0 Å². The minimum Gasteiger partial charge on any atom is -0.497 e. The standard InChI is InChI=1S/C20H24FN3O4/c1-13(15-9-8-14(27-2)12-18(15)28-3)24-20(26)23-11-10-22-19(25)16-6-4-5-7-17(16)21/h4-9,12-13H,10-11H2,1-3H3,(H,22,25)(H2,23,24,26). The molecule has 3 N–H and O–H groups in total. The number of carbonyl (C=O) groups excluding carboxylic acids is 2. The van der Waals surface area contributed by atoms with Crippen LogP contribution in [0.15, 0.2) is 42.5 Å². The van der Waals surface area contributed by atoms with Crippen LogP contribution in [0.1, 0.15) is 28.9 Å². The summed E-state index contributed by atoms with van der Waals surface area (Å²) in [5.74, 6) is 0.136. The lowest BCUT2D eigenvalue weighted by molar-refractivity contribution is 0.0949. The number of halogens is 1. The molecule has 7 nitrogen and oxygen atoms in total. The fourth-order valence-electron chi connectivity index (χ4n) is 2.59. The fraction of sp³-hybridized carbons (Fsp3) is 0.300. The van der Waals surface area contributed by atoms with E-state index in [4.69, 9.17) is 9.47 Å². The van der Waals surface area contributed by atoms with Crippen LogP contribution in [0.4, 0.5) is 9.18 Å². The zero-order valence-corrected chi connectivity index (χ0v) is 16.0. The monoisotopic (exact) mass is 389 g/mol. The molecular weight excluding hydrogens is 365 g/mol. The van der Waals surface area contributed by atoms with E-state index in [2.05, 4.69) is 16.0 Å². The molecule has 150 valence electrons.